The molecule has 1 unspecified atom stereocenters. The number of aliphatic hydroxyl groups is 1. The van der Waals surface area contributed by atoms with Gasteiger partial charge in [0.15, 0.2) is 0 Å². The maximum Gasteiger partial charge on any atom is 0.241 e. The van der Waals surface area contributed by atoms with Gasteiger partial charge < -0.3 is 10.4 Å². The predicted octanol–water partition coefficient (Wildman–Crippen LogP) is 2.95. The van der Waals surface area contributed by atoms with Gasteiger partial charge in [-0.15, -0.1) is 0 Å². The SMILES string of the molecule is CC(C)C(NS(=O)(=O)c1ccc2ccccc2c1)C(=O)NCc1cccc(CO)c1. The monoisotopic (exact) mass is 426 g/mol. The van der Waals surface area contributed by atoms with Crippen molar-refractivity contribution in [3.05, 3.63) is 77.9 Å². The van der Waals surface area contributed by atoms with Crippen LogP contribution in [0.4, 0.5) is 0 Å². The first kappa shape index (κ1) is 22.0. The molecule has 3 aromatic carbocycles. The maximum atomic E-state index is 12.9. The molecule has 3 N–H and O–H groups in total. The Bertz CT molecular complexity index is 1140. The van der Waals surface area contributed by atoms with Crippen molar-refractivity contribution in [2.24, 2.45) is 5.92 Å². The number of aliphatic hydroxyl groups excluding tert-OH is 1. The number of nitrogens with one attached hydrogen (secondary N) is 2. The zero-order chi connectivity index (χ0) is 21.7. The molecule has 3 aromatic rings. The molecule has 6 nitrogen and oxygen atoms in total. The number of hydrogen-bond donors (Lipinski definition) is 3. The van der Waals surface area contributed by atoms with E-state index in [0.717, 1.165) is 21.9 Å². The van der Waals surface area contributed by atoms with Crippen molar-refractivity contribution in [1.29, 1.82) is 0 Å². The fraction of sp³-hybridized carbons (Fsp3) is 0.261. The van der Waals surface area contributed by atoms with Gasteiger partial charge in [-0.05, 0) is 39.9 Å². The van der Waals surface area contributed by atoms with Crippen LogP contribution in [0.3, 0.4) is 0 Å². The third-order valence-electron chi connectivity index (χ3n) is 4.90. The number of carbonyl (C=O) groups is 1. The minimum Gasteiger partial charge on any atom is -0.392 e. The van der Waals surface area contributed by atoms with Crippen LogP contribution in [0.5, 0.6) is 0 Å². The largest absolute Gasteiger partial charge is 0.392 e. The van der Waals surface area contributed by atoms with E-state index in [2.05, 4.69) is 10.0 Å². The summed E-state index contributed by atoms with van der Waals surface area (Å²) >= 11 is 0. The topological polar surface area (TPSA) is 95.5 Å². The van der Waals surface area contributed by atoms with Crippen LogP contribution < -0.4 is 10.0 Å². The molecule has 1 atom stereocenters. The molecule has 0 spiro atoms. The fourth-order valence-corrected chi connectivity index (χ4v) is 4.58. The minimum atomic E-state index is -3.88. The number of sulfonamides is 1. The van der Waals surface area contributed by atoms with Gasteiger partial charge >= 0.3 is 0 Å². The number of fused-ring (bicyclic) bond motifs is 1. The summed E-state index contributed by atoms with van der Waals surface area (Å²) in [6.45, 7) is 3.74. The smallest absolute Gasteiger partial charge is 0.241 e. The third-order valence-corrected chi connectivity index (χ3v) is 6.34. The van der Waals surface area contributed by atoms with Gasteiger partial charge in [0, 0.05) is 6.54 Å². The van der Waals surface area contributed by atoms with Crippen LogP contribution in [-0.4, -0.2) is 25.5 Å². The van der Waals surface area contributed by atoms with Crippen molar-refractivity contribution in [3.63, 3.8) is 0 Å². The van der Waals surface area contributed by atoms with E-state index in [1.54, 1.807) is 50.2 Å². The second-order valence-electron chi connectivity index (χ2n) is 7.55. The van der Waals surface area contributed by atoms with E-state index in [9.17, 15) is 18.3 Å². The Morgan fingerprint density at radius 2 is 1.63 bits per heavy atom. The number of benzene rings is 3. The zero-order valence-corrected chi connectivity index (χ0v) is 17.8. The highest BCUT2D eigenvalue weighted by atomic mass is 32.2. The van der Waals surface area contributed by atoms with E-state index in [1.165, 1.54) is 0 Å². The highest BCUT2D eigenvalue weighted by Gasteiger charge is 2.28. The van der Waals surface area contributed by atoms with E-state index < -0.39 is 22.0 Å². The van der Waals surface area contributed by atoms with Crippen molar-refractivity contribution in [2.75, 3.05) is 0 Å². The first-order valence-corrected chi connectivity index (χ1v) is 11.3. The molecule has 0 radical (unpaired) electrons. The Balaban J connectivity index is 1.75. The van der Waals surface area contributed by atoms with Crippen LogP contribution in [-0.2, 0) is 28.0 Å². The molecule has 3 rings (SSSR count). The molecule has 30 heavy (non-hydrogen) atoms. The Hall–Kier alpha value is -2.74. The number of rotatable bonds is 8. The van der Waals surface area contributed by atoms with Crippen LogP contribution >= 0.6 is 0 Å². The van der Waals surface area contributed by atoms with Crippen LogP contribution in [0.2, 0.25) is 0 Å². The lowest BCUT2D eigenvalue weighted by Crippen LogP contribution is -2.49. The number of carbonyl (C=O) groups excluding carboxylic acids is 1. The second-order valence-corrected chi connectivity index (χ2v) is 9.26. The van der Waals surface area contributed by atoms with Gasteiger partial charge in [0.1, 0.15) is 6.04 Å². The van der Waals surface area contributed by atoms with E-state index in [1.807, 2.05) is 30.3 Å². The van der Waals surface area contributed by atoms with Crippen molar-refractivity contribution in [1.82, 2.24) is 10.0 Å². The molecular formula is C23H26N2O4S. The van der Waals surface area contributed by atoms with Crippen LogP contribution in [0.15, 0.2) is 71.6 Å². The predicted molar refractivity (Wildman–Crippen MR) is 117 cm³/mol. The highest BCUT2D eigenvalue weighted by molar-refractivity contribution is 7.89. The minimum absolute atomic E-state index is 0.0814. The van der Waals surface area contributed by atoms with E-state index >= 15 is 0 Å². The second kappa shape index (κ2) is 9.38. The lowest BCUT2D eigenvalue weighted by Gasteiger charge is -2.22. The van der Waals surface area contributed by atoms with E-state index in [0.29, 0.717) is 0 Å². The highest BCUT2D eigenvalue weighted by Crippen LogP contribution is 2.20. The first-order valence-electron chi connectivity index (χ1n) is 9.77. The summed E-state index contributed by atoms with van der Waals surface area (Å²) in [4.78, 5) is 12.9. The van der Waals surface area contributed by atoms with Crippen molar-refractivity contribution < 1.29 is 18.3 Å². The summed E-state index contributed by atoms with van der Waals surface area (Å²) in [6, 6.07) is 18.7. The Labute approximate surface area is 177 Å². The molecule has 0 aromatic heterocycles. The van der Waals surface area contributed by atoms with E-state index in [4.69, 9.17) is 0 Å². The molecule has 0 saturated heterocycles. The van der Waals surface area contributed by atoms with Gasteiger partial charge in [0.2, 0.25) is 15.9 Å². The quantitative estimate of drug-likeness (QED) is 0.516. The van der Waals surface area contributed by atoms with Gasteiger partial charge in [0.05, 0.1) is 11.5 Å². The molecule has 0 fully saturated rings. The maximum absolute atomic E-state index is 12.9. The molecule has 0 aliphatic carbocycles. The Morgan fingerprint density at radius 1 is 0.933 bits per heavy atom. The van der Waals surface area contributed by atoms with Gasteiger partial charge in [-0.3, -0.25) is 4.79 Å². The average molecular weight is 427 g/mol. The van der Waals surface area contributed by atoms with E-state index in [-0.39, 0.29) is 24.0 Å². The van der Waals surface area contributed by atoms with Gasteiger partial charge in [-0.1, -0.05) is 68.4 Å². The molecule has 0 bridgehead atoms. The van der Waals surface area contributed by atoms with Gasteiger partial charge in [-0.25, -0.2) is 8.42 Å². The summed E-state index contributed by atoms with van der Waals surface area (Å²) in [5.74, 6) is -0.646. The standard InChI is InChI=1S/C23H26N2O4S/c1-16(2)22(23(27)24-14-17-6-5-7-18(12-17)15-26)25-30(28,29)21-11-10-19-8-3-4-9-20(19)13-21/h3-13,16,22,25-26H,14-15H2,1-2H3,(H,24,27). The molecule has 0 heterocycles. The number of amides is 1. The molecule has 0 aliphatic rings. The molecule has 7 heteroatoms. The summed E-state index contributed by atoms with van der Waals surface area (Å²) in [6.07, 6.45) is 0. The summed E-state index contributed by atoms with van der Waals surface area (Å²) in [5, 5.41) is 13.8. The lowest BCUT2D eigenvalue weighted by atomic mass is 10.0. The van der Waals surface area contributed by atoms with Crippen molar-refractivity contribution in [3.8, 4) is 0 Å². The molecule has 158 valence electrons. The normalized spacial score (nSPS) is 12.8. The van der Waals surface area contributed by atoms with Crippen molar-refractivity contribution >= 4 is 26.7 Å². The van der Waals surface area contributed by atoms with Crippen LogP contribution in [0, 0.1) is 5.92 Å². The Morgan fingerprint density at radius 3 is 2.33 bits per heavy atom. The average Bonchev–Trinajstić information content (AvgIpc) is 2.75. The zero-order valence-electron chi connectivity index (χ0n) is 17.0. The molecule has 0 saturated carbocycles. The fourth-order valence-electron chi connectivity index (χ4n) is 3.20. The number of hydrogen-bond acceptors (Lipinski definition) is 4. The van der Waals surface area contributed by atoms with Crippen LogP contribution in [0.25, 0.3) is 10.8 Å². The lowest BCUT2D eigenvalue weighted by molar-refractivity contribution is -0.123. The van der Waals surface area contributed by atoms with Gasteiger partial charge in [-0.2, -0.15) is 4.72 Å². The van der Waals surface area contributed by atoms with Crippen LogP contribution in [0.1, 0.15) is 25.0 Å². The molecule has 1 amide bonds. The summed E-state index contributed by atoms with van der Waals surface area (Å²) in [5.41, 5.74) is 1.58. The summed E-state index contributed by atoms with van der Waals surface area (Å²) in [7, 11) is -3.88. The third kappa shape index (κ3) is 5.24. The first-order chi connectivity index (χ1) is 14.3. The Kier molecular flexibility index (Phi) is 6.87. The molecule has 0 aliphatic heterocycles. The summed E-state index contributed by atoms with van der Waals surface area (Å²) < 4.78 is 28.4. The molecular weight excluding hydrogens is 400 g/mol. The van der Waals surface area contributed by atoms with Gasteiger partial charge in [0.25, 0.3) is 0 Å². The van der Waals surface area contributed by atoms with Crippen molar-refractivity contribution in [2.45, 2.75) is 37.9 Å².